The van der Waals surface area contributed by atoms with Gasteiger partial charge >= 0.3 is 6.09 Å². The predicted molar refractivity (Wildman–Crippen MR) is 118 cm³/mol. The quantitative estimate of drug-likeness (QED) is 0.453. The largest absolute Gasteiger partial charge is 0.447 e. The Kier molecular flexibility index (Phi) is 15.6. The van der Waals surface area contributed by atoms with E-state index in [0.717, 1.165) is 11.3 Å². The molecule has 1 aromatic carbocycles. The highest BCUT2D eigenvalue weighted by Gasteiger charge is 2.27. The third-order valence-corrected chi connectivity index (χ3v) is 3.98. The lowest BCUT2D eigenvalue weighted by atomic mass is 10.0. The van der Waals surface area contributed by atoms with Crippen molar-refractivity contribution in [1.29, 1.82) is 0 Å². The molecule has 0 bridgehead atoms. The van der Waals surface area contributed by atoms with Crippen LogP contribution in [0.5, 0.6) is 0 Å². The summed E-state index contributed by atoms with van der Waals surface area (Å²) >= 11 is 0. The number of ether oxygens (including phenoxy) is 1. The molecule has 1 saturated heterocycles. The molecule has 166 valence electrons. The number of benzene rings is 1. The number of imide groups is 1. The lowest BCUT2D eigenvalue weighted by molar-refractivity contribution is -0.127. The fourth-order valence-electron chi connectivity index (χ4n) is 2.42. The first-order valence-electron chi connectivity index (χ1n) is 10.2. The number of hydrogen-bond acceptors (Lipinski definition) is 4. The number of nitrogens with zero attached hydrogens (tertiary/aromatic N) is 1. The molecule has 1 N–H and O–H groups in total. The summed E-state index contributed by atoms with van der Waals surface area (Å²) in [7, 11) is 0. The second-order valence-electron chi connectivity index (χ2n) is 6.36. The van der Waals surface area contributed by atoms with E-state index in [1.807, 2.05) is 26.0 Å². The Morgan fingerprint density at radius 3 is 2.37 bits per heavy atom. The van der Waals surface area contributed by atoms with E-state index in [9.17, 15) is 19.1 Å². The Balaban J connectivity index is 0.000000702. The first-order valence-corrected chi connectivity index (χ1v) is 10.2. The topological polar surface area (TPSA) is 66.8 Å². The number of aliphatic hydroxyl groups is 1. The molecule has 0 spiro atoms. The Morgan fingerprint density at radius 2 is 1.97 bits per heavy atom. The standard InChI is InChI=1S/C14H16FNO4.C5H10.C5H8/c15-11-6-4-10(5-7-11)12(17)2-1-3-13(18)16-8-9-20-14(16)19;2*1-3-5-4-2/h4-7,12,17H,1-3,8-9H2;3,5H,4H2,1-2H3;3-5H,1H2,2H3/b;5-3-;5-4-. The summed E-state index contributed by atoms with van der Waals surface area (Å²) in [5.74, 6) is -0.650. The zero-order valence-electron chi connectivity index (χ0n) is 18.2. The van der Waals surface area contributed by atoms with Gasteiger partial charge in [0.25, 0.3) is 0 Å². The van der Waals surface area contributed by atoms with Crippen molar-refractivity contribution in [3.8, 4) is 0 Å². The average Bonchev–Trinajstić information content (AvgIpc) is 3.16. The average molecular weight is 420 g/mol. The Morgan fingerprint density at radius 1 is 1.30 bits per heavy atom. The molecule has 0 aromatic heterocycles. The van der Waals surface area contributed by atoms with Gasteiger partial charge in [-0.15, -0.1) is 0 Å². The normalized spacial score (nSPS) is 13.9. The molecule has 1 aromatic rings. The monoisotopic (exact) mass is 419 g/mol. The molecule has 1 heterocycles. The van der Waals surface area contributed by atoms with E-state index < -0.39 is 12.2 Å². The summed E-state index contributed by atoms with van der Waals surface area (Å²) in [5, 5.41) is 9.90. The molecule has 30 heavy (non-hydrogen) atoms. The molecule has 0 radical (unpaired) electrons. The number of allylic oxidation sites excluding steroid dienone is 5. The molecule has 1 aliphatic heterocycles. The zero-order valence-corrected chi connectivity index (χ0v) is 18.2. The van der Waals surface area contributed by atoms with Gasteiger partial charge in [-0.1, -0.05) is 56.0 Å². The van der Waals surface area contributed by atoms with E-state index in [1.54, 1.807) is 6.08 Å². The minimum absolute atomic E-state index is 0.174. The van der Waals surface area contributed by atoms with Crippen molar-refractivity contribution in [1.82, 2.24) is 4.90 Å². The summed E-state index contributed by atoms with van der Waals surface area (Å²) in [6, 6.07) is 5.59. The van der Waals surface area contributed by atoms with Crippen LogP contribution in [0.25, 0.3) is 0 Å². The summed E-state index contributed by atoms with van der Waals surface area (Å²) in [6.07, 6.45) is 10.6. The first kappa shape index (κ1) is 27.3. The smallest absolute Gasteiger partial charge is 0.416 e. The molecule has 1 fully saturated rings. The molecule has 2 rings (SSSR count). The van der Waals surface area contributed by atoms with Crippen LogP contribution in [0, 0.1) is 5.82 Å². The van der Waals surface area contributed by atoms with E-state index in [1.165, 1.54) is 24.3 Å². The van der Waals surface area contributed by atoms with Crippen LogP contribution in [0.2, 0.25) is 0 Å². The number of carbonyl (C=O) groups is 2. The van der Waals surface area contributed by atoms with E-state index in [0.29, 0.717) is 18.4 Å². The third kappa shape index (κ3) is 12.0. The fourth-order valence-corrected chi connectivity index (χ4v) is 2.42. The molecule has 1 unspecified atom stereocenters. The minimum Gasteiger partial charge on any atom is -0.447 e. The van der Waals surface area contributed by atoms with Crippen molar-refractivity contribution in [2.45, 2.75) is 52.6 Å². The van der Waals surface area contributed by atoms with Crippen LogP contribution in [0.1, 0.15) is 58.1 Å². The number of cyclic esters (lactones) is 1. The molecule has 2 amide bonds. The van der Waals surface area contributed by atoms with Crippen molar-refractivity contribution in [2.24, 2.45) is 0 Å². The van der Waals surface area contributed by atoms with Gasteiger partial charge < -0.3 is 9.84 Å². The van der Waals surface area contributed by atoms with Crippen molar-refractivity contribution >= 4 is 12.0 Å². The SMILES string of the molecule is C/C=C\CC.C=C/C=C\C.O=C(CCCC(O)c1ccc(F)cc1)N1CCOC1=O. The van der Waals surface area contributed by atoms with Gasteiger partial charge in [0, 0.05) is 6.42 Å². The highest BCUT2D eigenvalue weighted by molar-refractivity contribution is 5.92. The highest BCUT2D eigenvalue weighted by atomic mass is 19.1. The van der Waals surface area contributed by atoms with E-state index >= 15 is 0 Å². The maximum atomic E-state index is 12.7. The number of carbonyl (C=O) groups excluding carboxylic acids is 2. The predicted octanol–water partition coefficient (Wildman–Crippen LogP) is 5.73. The number of hydrogen-bond donors (Lipinski definition) is 1. The molecular formula is C24H34FNO4. The van der Waals surface area contributed by atoms with Gasteiger partial charge in [-0.2, -0.15) is 0 Å². The van der Waals surface area contributed by atoms with Crippen LogP contribution in [0.4, 0.5) is 9.18 Å². The van der Waals surface area contributed by atoms with Crippen LogP contribution < -0.4 is 0 Å². The lowest BCUT2D eigenvalue weighted by Crippen LogP contribution is -2.31. The second-order valence-corrected chi connectivity index (χ2v) is 6.36. The Bertz CT molecular complexity index is 683. The molecule has 5 nitrogen and oxygen atoms in total. The minimum atomic E-state index is -0.742. The zero-order chi connectivity index (χ0) is 22.8. The van der Waals surface area contributed by atoms with Gasteiger partial charge in [-0.05, 0) is 50.8 Å². The van der Waals surface area contributed by atoms with Crippen LogP contribution in [0.15, 0.2) is 61.2 Å². The van der Waals surface area contributed by atoms with Crippen molar-refractivity contribution < 1.29 is 23.8 Å². The number of amides is 2. The fraction of sp³-hybridized carbons (Fsp3) is 0.417. The molecule has 1 atom stereocenters. The number of halogens is 1. The van der Waals surface area contributed by atoms with Gasteiger partial charge in [-0.25, -0.2) is 14.1 Å². The van der Waals surface area contributed by atoms with Gasteiger partial charge in [-0.3, -0.25) is 4.79 Å². The molecular weight excluding hydrogens is 385 g/mol. The maximum Gasteiger partial charge on any atom is 0.416 e. The lowest BCUT2D eigenvalue weighted by Gasteiger charge is -2.13. The molecule has 1 aliphatic rings. The van der Waals surface area contributed by atoms with Crippen LogP contribution in [0.3, 0.4) is 0 Å². The third-order valence-electron chi connectivity index (χ3n) is 3.98. The Hall–Kier alpha value is -2.73. The summed E-state index contributed by atoms with van der Waals surface area (Å²) in [4.78, 5) is 24.0. The van der Waals surface area contributed by atoms with E-state index in [-0.39, 0.29) is 31.3 Å². The van der Waals surface area contributed by atoms with Gasteiger partial charge in [0.15, 0.2) is 0 Å². The second kappa shape index (κ2) is 17.2. The number of aliphatic hydroxyl groups excluding tert-OH is 1. The van der Waals surface area contributed by atoms with Crippen LogP contribution >= 0.6 is 0 Å². The van der Waals surface area contributed by atoms with Gasteiger partial charge in [0.1, 0.15) is 12.4 Å². The number of rotatable bonds is 7. The van der Waals surface area contributed by atoms with E-state index in [2.05, 4.69) is 30.4 Å². The molecule has 6 heteroatoms. The van der Waals surface area contributed by atoms with Crippen LogP contribution in [-0.4, -0.2) is 35.2 Å². The Labute approximate surface area is 179 Å². The van der Waals surface area contributed by atoms with Gasteiger partial charge in [0.2, 0.25) is 5.91 Å². The van der Waals surface area contributed by atoms with Crippen LogP contribution in [-0.2, 0) is 9.53 Å². The molecule has 0 saturated carbocycles. The van der Waals surface area contributed by atoms with Gasteiger partial charge in [0.05, 0.1) is 12.6 Å². The van der Waals surface area contributed by atoms with E-state index in [4.69, 9.17) is 0 Å². The summed E-state index contributed by atoms with van der Waals surface area (Å²) in [6.45, 7) is 10.1. The van der Waals surface area contributed by atoms with Crippen molar-refractivity contribution in [3.63, 3.8) is 0 Å². The highest BCUT2D eigenvalue weighted by Crippen LogP contribution is 2.20. The van der Waals surface area contributed by atoms with Crippen molar-refractivity contribution in [2.75, 3.05) is 13.2 Å². The first-order chi connectivity index (χ1) is 14.4. The molecule has 0 aliphatic carbocycles. The summed E-state index contributed by atoms with van der Waals surface area (Å²) in [5.41, 5.74) is 0.611. The van der Waals surface area contributed by atoms with Crippen molar-refractivity contribution in [3.05, 3.63) is 72.6 Å². The maximum absolute atomic E-state index is 12.7. The summed E-state index contributed by atoms with van der Waals surface area (Å²) < 4.78 is 17.4.